The van der Waals surface area contributed by atoms with Crippen molar-refractivity contribution in [3.63, 3.8) is 0 Å². The van der Waals surface area contributed by atoms with Crippen molar-refractivity contribution in [2.45, 2.75) is 27.2 Å². The third kappa shape index (κ3) is 2.42. The SMILES string of the molecule is Cc1nc2ccc(CC(C)(C)CN)cc2s1. The molecule has 86 valence electrons. The van der Waals surface area contributed by atoms with Gasteiger partial charge in [-0.05, 0) is 43.0 Å². The Morgan fingerprint density at radius 2 is 2.12 bits per heavy atom. The topological polar surface area (TPSA) is 38.9 Å². The first-order valence-electron chi connectivity index (χ1n) is 5.56. The molecule has 1 aromatic carbocycles. The van der Waals surface area contributed by atoms with Crippen LogP contribution in [0.15, 0.2) is 18.2 Å². The molecule has 2 rings (SSSR count). The van der Waals surface area contributed by atoms with E-state index < -0.39 is 0 Å². The van der Waals surface area contributed by atoms with Gasteiger partial charge in [0.2, 0.25) is 0 Å². The molecule has 0 fully saturated rings. The molecule has 1 heterocycles. The third-order valence-electron chi connectivity index (χ3n) is 2.80. The Morgan fingerprint density at radius 1 is 1.38 bits per heavy atom. The van der Waals surface area contributed by atoms with Crippen LogP contribution >= 0.6 is 11.3 Å². The molecular weight excluding hydrogens is 216 g/mol. The van der Waals surface area contributed by atoms with Crippen LogP contribution in [-0.4, -0.2) is 11.5 Å². The highest BCUT2D eigenvalue weighted by Crippen LogP contribution is 2.26. The Morgan fingerprint density at radius 3 is 2.81 bits per heavy atom. The van der Waals surface area contributed by atoms with Gasteiger partial charge >= 0.3 is 0 Å². The van der Waals surface area contributed by atoms with Crippen LogP contribution < -0.4 is 5.73 Å². The number of aromatic nitrogens is 1. The summed E-state index contributed by atoms with van der Waals surface area (Å²) in [5, 5.41) is 1.13. The molecule has 0 spiro atoms. The lowest BCUT2D eigenvalue weighted by Crippen LogP contribution is -2.25. The maximum absolute atomic E-state index is 5.76. The minimum atomic E-state index is 0.174. The van der Waals surface area contributed by atoms with E-state index in [0.29, 0.717) is 6.54 Å². The van der Waals surface area contributed by atoms with E-state index in [9.17, 15) is 0 Å². The molecule has 0 amide bonds. The summed E-state index contributed by atoms with van der Waals surface area (Å²) in [5.41, 5.74) is 8.40. The van der Waals surface area contributed by atoms with Crippen LogP contribution in [0.25, 0.3) is 10.2 Å². The summed E-state index contributed by atoms with van der Waals surface area (Å²) >= 11 is 1.76. The zero-order valence-corrected chi connectivity index (χ0v) is 10.9. The predicted octanol–water partition coefficient (Wildman–Crippen LogP) is 3.13. The summed E-state index contributed by atoms with van der Waals surface area (Å²) in [6, 6.07) is 6.52. The van der Waals surface area contributed by atoms with Gasteiger partial charge in [0.1, 0.15) is 0 Å². The Kier molecular flexibility index (Phi) is 3.00. The Labute approximate surface area is 101 Å². The van der Waals surface area contributed by atoms with Gasteiger partial charge < -0.3 is 5.73 Å². The molecule has 0 aliphatic heterocycles. The smallest absolute Gasteiger partial charge is 0.0907 e. The Balaban J connectivity index is 2.32. The molecule has 0 bridgehead atoms. The van der Waals surface area contributed by atoms with Gasteiger partial charge in [0.15, 0.2) is 0 Å². The number of hydrogen-bond donors (Lipinski definition) is 1. The maximum Gasteiger partial charge on any atom is 0.0907 e. The molecule has 0 saturated carbocycles. The number of thiazole rings is 1. The van der Waals surface area contributed by atoms with Crippen LogP contribution in [-0.2, 0) is 6.42 Å². The van der Waals surface area contributed by atoms with E-state index in [1.807, 2.05) is 6.92 Å². The van der Waals surface area contributed by atoms with Crippen molar-refractivity contribution in [2.24, 2.45) is 11.1 Å². The third-order valence-corrected chi connectivity index (χ3v) is 3.73. The summed E-state index contributed by atoms with van der Waals surface area (Å²) < 4.78 is 1.28. The monoisotopic (exact) mass is 234 g/mol. The van der Waals surface area contributed by atoms with Crippen LogP contribution in [0.5, 0.6) is 0 Å². The number of fused-ring (bicyclic) bond motifs is 1. The van der Waals surface area contributed by atoms with Crippen molar-refractivity contribution in [3.05, 3.63) is 28.8 Å². The van der Waals surface area contributed by atoms with Crippen molar-refractivity contribution in [1.82, 2.24) is 4.98 Å². The fourth-order valence-electron chi connectivity index (χ4n) is 1.82. The van der Waals surface area contributed by atoms with Crippen LogP contribution in [0, 0.1) is 12.3 Å². The quantitative estimate of drug-likeness (QED) is 0.886. The number of nitrogens with two attached hydrogens (primary N) is 1. The second-order valence-corrected chi connectivity index (χ2v) is 6.31. The van der Waals surface area contributed by atoms with Gasteiger partial charge in [0.25, 0.3) is 0 Å². The van der Waals surface area contributed by atoms with Crippen molar-refractivity contribution in [1.29, 1.82) is 0 Å². The largest absolute Gasteiger partial charge is 0.330 e. The number of hydrogen-bond acceptors (Lipinski definition) is 3. The first-order valence-corrected chi connectivity index (χ1v) is 6.38. The van der Waals surface area contributed by atoms with Gasteiger partial charge in [-0.15, -0.1) is 11.3 Å². The van der Waals surface area contributed by atoms with E-state index in [-0.39, 0.29) is 5.41 Å². The molecule has 0 aliphatic rings. The van der Waals surface area contributed by atoms with Gasteiger partial charge in [-0.25, -0.2) is 4.98 Å². The van der Waals surface area contributed by atoms with Crippen molar-refractivity contribution in [3.8, 4) is 0 Å². The number of aryl methyl sites for hydroxylation is 1. The first-order chi connectivity index (χ1) is 7.50. The van der Waals surface area contributed by atoms with Crippen molar-refractivity contribution < 1.29 is 0 Å². The molecule has 1 aromatic heterocycles. The molecule has 0 atom stereocenters. The standard InChI is InChI=1S/C13H18N2S/c1-9-15-11-5-4-10(6-12(11)16-9)7-13(2,3)8-14/h4-6H,7-8,14H2,1-3H3. The zero-order valence-electron chi connectivity index (χ0n) is 10.1. The molecule has 0 radical (unpaired) electrons. The molecule has 2 aromatic rings. The van der Waals surface area contributed by atoms with Gasteiger partial charge in [0.05, 0.1) is 15.2 Å². The number of benzene rings is 1. The van der Waals surface area contributed by atoms with Crippen LogP contribution in [0.4, 0.5) is 0 Å². The first kappa shape index (κ1) is 11.6. The molecule has 0 unspecified atom stereocenters. The lowest BCUT2D eigenvalue weighted by Gasteiger charge is -2.22. The fourth-order valence-corrected chi connectivity index (χ4v) is 2.71. The summed E-state index contributed by atoms with van der Waals surface area (Å²) in [5.74, 6) is 0. The lowest BCUT2D eigenvalue weighted by atomic mass is 9.86. The number of rotatable bonds is 3. The highest BCUT2D eigenvalue weighted by atomic mass is 32.1. The molecule has 0 aliphatic carbocycles. The van der Waals surface area contributed by atoms with Crippen LogP contribution in [0.1, 0.15) is 24.4 Å². The van der Waals surface area contributed by atoms with E-state index in [2.05, 4.69) is 37.0 Å². The molecule has 2 nitrogen and oxygen atoms in total. The van der Waals surface area contributed by atoms with Crippen molar-refractivity contribution in [2.75, 3.05) is 6.54 Å². The molecule has 3 heteroatoms. The van der Waals surface area contributed by atoms with Gasteiger partial charge in [-0.3, -0.25) is 0 Å². The highest BCUT2D eigenvalue weighted by Gasteiger charge is 2.16. The van der Waals surface area contributed by atoms with E-state index in [0.717, 1.165) is 16.9 Å². The van der Waals surface area contributed by atoms with Gasteiger partial charge in [-0.1, -0.05) is 19.9 Å². The van der Waals surface area contributed by atoms with E-state index in [1.165, 1.54) is 10.3 Å². The molecule has 0 saturated heterocycles. The van der Waals surface area contributed by atoms with E-state index in [1.54, 1.807) is 11.3 Å². The zero-order chi connectivity index (χ0) is 11.8. The van der Waals surface area contributed by atoms with Crippen LogP contribution in [0.3, 0.4) is 0 Å². The molecule has 16 heavy (non-hydrogen) atoms. The van der Waals surface area contributed by atoms with Crippen LogP contribution in [0.2, 0.25) is 0 Å². The number of nitrogens with zero attached hydrogens (tertiary/aromatic N) is 1. The highest BCUT2D eigenvalue weighted by molar-refractivity contribution is 7.18. The van der Waals surface area contributed by atoms with E-state index >= 15 is 0 Å². The van der Waals surface area contributed by atoms with E-state index in [4.69, 9.17) is 5.73 Å². The average molecular weight is 234 g/mol. The second kappa shape index (κ2) is 4.15. The molecular formula is C13H18N2S. The Hall–Kier alpha value is -0.930. The van der Waals surface area contributed by atoms with Crippen molar-refractivity contribution >= 4 is 21.6 Å². The maximum atomic E-state index is 5.76. The summed E-state index contributed by atoms with van der Waals surface area (Å²) in [6.07, 6.45) is 1.02. The summed E-state index contributed by atoms with van der Waals surface area (Å²) in [7, 11) is 0. The Bertz CT molecular complexity index is 500. The predicted molar refractivity (Wildman–Crippen MR) is 70.9 cm³/mol. The average Bonchev–Trinajstić information content (AvgIpc) is 2.57. The minimum Gasteiger partial charge on any atom is -0.330 e. The second-order valence-electron chi connectivity index (χ2n) is 5.08. The minimum absolute atomic E-state index is 0.174. The molecule has 2 N–H and O–H groups in total. The van der Waals surface area contributed by atoms with Gasteiger partial charge in [-0.2, -0.15) is 0 Å². The summed E-state index contributed by atoms with van der Waals surface area (Å²) in [6.45, 7) is 7.17. The van der Waals surface area contributed by atoms with Gasteiger partial charge in [0, 0.05) is 0 Å². The summed E-state index contributed by atoms with van der Waals surface area (Å²) in [4.78, 5) is 4.46. The normalized spacial score (nSPS) is 12.2. The fraction of sp³-hybridized carbons (Fsp3) is 0.462. The lowest BCUT2D eigenvalue weighted by molar-refractivity contribution is 0.377.